The second-order valence-electron chi connectivity index (χ2n) is 6.70. The van der Waals surface area contributed by atoms with Crippen molar-refractivity contribution in [2.24, 2.45) is 0 Å². The summed E-state index contributed by atoms with van der Waals surface area (Å²) in [5.41, 5.74) is 1.48. The average Bonchev–Trinajstić information content (AvgIpc) is 2.76. The van der Waals surface area contributed by atoms with Gasteiger partial charge in [0.15, 0.2) is 5.78 Å². The first-order valence-electron chi connectivity index (χ1n) is 9.12. The SMILES string of the molecule is COc1ccc(Cn2cc(C(=O)c3ccccc3)c(=O)c3cc(F)ccc32)cc1. The van der Waals surface area contributed by atoms with Crippen LogP contribution in [0.3, 0.4) is 0 Å². The number of ether oxygens (including phenoxy) is 1. The van der Waals surface area contributed by atoms with Crippen LogP contribution in [0.1, 0.15) is 21.5 Å². The van der Waals surface area contributed by atoms with Gasteiger partial charge in [-0.25, -0.2) is 4.39 Å². The van der Waals surface area contributed by atoms with Crippen LogP contribution in [0.25, 0.3) is 10.9 Å². The van der Waals surface area contributed by atoms with Crippen molar-refractivity contribution < 1.29 is 13.9 Å². The Hall–Kier alpha value is -3.73. The van der Waals surface area contributed by atoms with Crippen molar-refractivity contribution in [3.63, 3.8) is 0 Å². The van der Waals surface area contributed by atoms with Crippen LogP contribution in [0, 0.1) is 5.82 Å². The zero-order chi connectivity index (χ0) is 20.4. The van der Waals surface area contributed by atoms with Gasteiger partial charge in [0.05, 0.1) is 18.2 Å². The van der Waals surface area contributed by atoms with Crippen molar-refractivity contribution in [3.05, 3.63) is 112 Å². The molecule has 5 heteroatoms. The zero-order valence-electron chi connectivity index (χ0n) is 15.8. The Kier molecular flexibility index (Phi) is 4.96. The average molecular weight is 387 g/mol. The lowest BCUT2D eigenvalue weighted by molar-refractivity contribution is 0.103. The third kappa shape index (κ3) is 3.67. The number of methoxy groups -OCH3 is 1. The molecule has 4 rings (SSSR count). The van der Waals surface area contributed by atoms with Gasteiger partial charge in [0, 0.05) is 23.7 Å². The van der Waals surface area contributed by atoms with Gasteiger partial charge in [-0.15, -0.1) is 0 Å². The van der Waals surface area contributed by atoms with E-state index in [0.29, 0.717) is 17.6 Å². The van der Waals surface area contributed by atoms with Crippen LogP contribution in [0.5, 0.6) is 5.75 Å². The van der Waals surface area contributed by atoms with E-state index >= 15 is 0 Å². The first-order chi connectivity index (χ1) is 14.1. The minimum atomic E-state index is -0.519. The van der Waals surface area contributed by atoms with Crippen molar-refractivity contribution in [1.82, 2.24) is 4.57 Å². The molecule has 0 saturated heterocycles. The summed E-state index contributed by atoms with van der Waals surface area (Å²) in [6.07, 6.45) is 1.56. The highest BCUT2D eigenvalue weighted by Crippen LogP contribution is 2.19. The van der Waals surface area contributed by atoms with Crippen LogP contribution in [0.4, 0.5) is 4.39 Å². The van der Waals surface area contributed by atoms with Gasteiger partial charge in [0.25, 0.3) is 0 Å². The molecule has 1 aromatic heterocycles. The van der Waals surface area contributed by atoms with E-state index in [1.165, 1.54) is 12.1 Å². The van der Waals surface area contributed by atoms with E-state index in [-0.39, 0.29) is 16.7 Å². The molecular formula is C24H18FNO3. The van der Waals surface area contributed by atoms with Crippen molar-refractivity contribution >= 4 is 16.7 Å². The van der Waals surface area contributed by atoms with E-state index in [2.05, 4.69) is 0 Å². The summed E-state index contributed by atoms with van der Waals surface area (Å²) >= 11 is 0. The first kappa shape index (κ1) is 18.6. The molecule has 0 atom stereocenters. The number of carbonyl (C=O) groups excluding carboxylic acids is 1. The molecule has 4 aromatic rings. The molecule has 0 N–H and O–H groups in total. The van der Waals surface area contributed by atoms with Crippen LogP contribution in [0.15, 0.2) is 83.8 Å². The molecule has 29 heavy (non-hydrogen) atoms. The van der Waals surface area contributed by atoms with Gasteiger partial charge in [0.1, 0.15) is 11.6 Å². The molecule has 0 saturated carbocycles. The normalized spacial score (nSPS) is 10.8. The Morgan fingerprint density at radius 2 is 1.72 bits per heavy atom. The maximum absolute atomic E-state index is 13.9. The topological polar surface area (TPSA) is 48.3 Å². The minimum absolute atomic E-state index is 0.0165. The third-order valence-corrected chi connectivity index (χ3v) is 4.83. The summed E-state index contributed by atoms with van der Waals surface area (Å²) in [5.74, 6) is -0.166. The number of rotatable bonds is 5. The van der Waals surface area contributed by atoms with Crippen LogP contribution < -0.4 is 10.2 Å². The fourth-order valence-electron chi connectivity index (χ4n) is 3.33. The van der Waals surface area contributed by atoms with Crippen LogP contribution in [-0.2, 0) is 6.54 Å². The second-order valence-corrected chi connectivity index (χ2v) is 6.70. The number of halogens is 1. The fraction of sp³-hybridized carbons (Fsp3) is 0.0833. The highest BCUT2D eigenvalue weighted by atomic mass is 19.1. The van der Waals surface area contributed by atoms with E-state index in [1.54, 1.807) is 54.3 Å². The molecule has 4 nitrogen and oxygen atoms in total. The molecule has 0 aliphatic rings. The maximum atomic E-state index is 13.9. The summed E-state index contributed by atoms with van der Waals surface area (Å²) in [6.45, 7) is 0.418. The number of benzene rings is 3. The molecule has 0 unspecified atom stereocenters. The van der Waals surface area contributed by atoms with Crippen LogP contribution >= 0.6 is 0 Å². The predicted octanol–water partition coefficient (Wildman–Crippen LogP) is 4.43. The predicted molar refractivity (Wildman–Crippen MR) is 110 cm³/mol. The largest absolute Gasteiger partial charge is 0.497 e. The Morgan fingerprint density at radius 3 is 2.41 bits per heavy atom. The molecule has 144 valence electrons. The summed E-state index contributed by atoms with van der Waals surface area (Å²) in [6, 6.07) is 20.2. The van der Waals surface area contributed by atoms with E-state index in [1.807, 2.05) is 24.3 Å². The standard InChI is InChI=1S/C24H18FNO3/c1-29-19-10-7-16(8-11-19)14-26-15-21(23(27)17-5-3-2-4-6-17)24(28)20-13-18(25)9-12-22(20)26/h2-13,15H,14H2,1H3. The van der Waals surface area contributed by atoms with Crippen molar-refractivity contribution in [1.29, 1.82) is 0 Å². The summed E-state index contributed by atoms with van der Waals surface area (Å²) in [5, 5.41) is 0.181. The summed E-state index contributed by atoms with van der Waals surface area (Å²) in [7, 11) is 1.60. The molecule has 0 amide bonds. The second kappa shape index (κ2) is 7.72. The van der Waals surface area contributed by atoms with Crippen molar-refractivity contribution in [2.45, 2.75) is 6.54 Å². The van der Waals surface area contributed by atoms with Crippen LogP contribution in [0.2, 0.25) is 0 Å². The quantitative estimate of drug-likeness (QED) is 0.476. The van der Waals surface area contributed by atoms with Gasteiger partial charge in [-0.05, 0) is 35.9 Å². The monoisotopic (exact) mass is 387 g/mol. The lowest BCUT2D eigenvalue weighted by atomic mass is 10.0. The lowest BCUT2D eigenvalue weighted by Gasteiger charge is -2.14. The summed E-state index contributed by atoms with van der Waals surface area (Å²) < 4.78 is 20.9. The number of ketones is 1. The van der Waals surface area contributed by atoms with Gasteiger partial charge in [-0.2, -0.15) is 0 Å². The zero-order valence-corrected chi connectivity index (χ0v) is 15.8. The molecule has 0 aliphatic heterocycles. The van der Waals surface area contributed by atoms with E-state index < -0.39 is 11.2 Å². The molecule has 0 fully saturated rings. The van der Waals surface area contributed by atoms with E-state index in [4.69, 9.17) is 4.74 Å². The number of carbonyl (C=O) groups is 1. The maximum Gasteiger partial charge on any atom is 0.200 e. The van der Waals surface area contributed by atoms with E-state index in [0.717, 1.165) is 11.3 Å². The Balaban J connectivity index is 1.87. The lowest BCUT2D eigenvalue weighted by Crippen LogP contribution is -2.20. The summed E-state index contributed by atoms with van der Waals surface area (Å²) in [4.78, 5) is 25.9. The third-order valence-electron chi connectivity index (χ3n) is 4.83. The number of pyridine rings is 1. The molecule has 0 spiro atoms. The van der Waals surface area contributed by atoms with Crippen LogP contribution in [-0.4, -0.2) is 17.5 Å². The van der Waals surface area contributed by atoms with Crippen molar-refractivity contribution in [2.75, 3.05) is 7.11 Å². The number of aromatic nitrogens is 1. The Morgan fingerprint density at radius 1 is 1.00 bits per heavy atom. The van der Waals surface area contributed by atoms with E-state index in [9.17, 15) is 14.0 Å². The Bertz CT molecular complexity index is 1250. The first-order valence-corrected chi connectivity index (χ1v) is 9.12. The van der Waals surface area contributed by atoms with Gasteiger partial charge in [-0.1, -0.05) is 42.5 Å². The molecule has 0 bridgehead atoms. The number of nitrogens with zero attached hydrogens (tertiary/aromatic N) is 1. The fourth-order valence-corrected chi connectivity index (χ4v) is 3.33. The smallest absolute Gasteiger partial charge is 0.200 e. The van der Waals surface area contributed by atoms with Gasteiger partial charge in [0.2, 0.25) is 5.43 Å². The number of hydrogen-bond donors (Lipinski definition) is 0. The Labute approximate surface area is 166 Å². The number of fused-ring (bicyclic) bond motifs is 1. The van der Waals surface area contributed by atoms with Gasteiger partial charge < -0.3 is 9.30 Å². The number of hydrogen-bond acceptors (Lipinski definition) is 3. The highest BCUT2D eigenvalue weighted by molar-refractivity contribution is 6.10. The van der Waals surface area contributed by atoms with Crippen molar-refractivity contribution in [3.8, 4) is 5.75 Å². The van der Waals surface area contributed by atoms with Gasteiger partial charge >= 0.3 is 0 Å². The molecule has 0 radical (unpaired) electrons. The molecule has 1 heterocycles. The highest BCUT2D eigenvalue weighted by Gasteiger charge is 2.17. The minimum Gasteiger partial charge on any atom is -0.497 e. The molecular weight excluding hydrogens is 369 g/mol. The molecule has 3 aromatic carbocycles. The van der Waals surface area contributed by atoms with Gasteiger partial charge in [-0.3, -0.25) is 9.59 Å². The molecule has 0 aliphatic carbocycles.